The van der Waals surface area contributed by atoms with Gasteiger partial charge in [-0.15, -0.1) is 0 Å². The van der Waals surface area contributed by atoms with E-state index in [0.29, 0.717) is 39.4 Å². The number of nitrogens with one attached hydrogen (secondary N) is 1. The van der Waals surface area contributed by atoms with Crippen LogP contribution in [0.3, 0.4) is 0 Å². The lowest BCUT2D eigenvalue weighted by atomic mass is 10.1. The third kappa shape index (κ3) is 4.71. The maximum absolute atomic E-state index is 12.2. The topological polar surface area (TPSA) is 56.8 Å². The van der Waals surface area contributed by atoms with Crippen LogP contribution in [-0.4, -0.2) is 27.2 Å². The molecule has 0 saturated carbocycles. The van der Waals surface area contributed by atoms with E-state index >= 15 is 0 Å². The van der Waals surface area contributed by atoms with Crippen LogP contribution in [0.5, 0.6) is 17.2 Å². The first kappa shape index (κ1) is 19.2. The quantitative estimate of drug-likeness (QED) is 0.759. The van der Waals surface area contributed by atoms with E-state index in [4.69, 9.17) is 37.4 Å². The summed E-state index contributed by atoms with van der Waals surface area (Å²) in [5, 5.41) is 3.62. The van der Waals surface area contributed by atoms with Gasteiger partial charge < -0.3 is 19.5 Å². The molecule has 0 radical (unpaired) electrons. The second-order valence-corrected chi connectivity index (χ2v) is 5.98. The first-order valence-corrected chi connectivity index (χ1v) is 8.28. The predicted molar refractivity (Wildman–Crippen MR) is 99.5 cm³/mol. The van der Waals surface area contributed by atoms with Gasteiger partial charge in [0.15, 0.2) is 11.5 Å². The fraction of sp³-hybridized carbons (Fsp3) is 0.278. The number of carbonyl (C=O) groups is 1. The normalized spacial score (nSPS) is 10.3. The monoisotopic (exact) mass is 383 g/mol. The number of carbonyl (C=O) groups excluding carboxylic acids is 1. The molecular weight excluding hydrogens is 365 g/mol. The van der Waals surface area contributed by atoms with E-state index in [0.717, 1.165) is 5.56 Å². The van der Waals surface area contributed by atoms with Crippen LogP contribution in [0.1, 0.15) is 12.0 Å². The van der Waals surface area contributed by atoms with E-state index in [1.807, 2.05) is 6.07 Å². The Morgan fingerprint density at radius 1 is 0.960 bits per heavy atom. The highest BCUT2D eigenvalue weighted by Crippen LogP contribution is 2.40. The van der Waals surface area contributed by atoms with Crippen molar-refractivity contribution in [3.8, 4) is 17.2 Å². The Morgan fingerprint density at radius 2 is 1.68 bits per heavy atom. The molecule has 0 fully saturated rings. The lowest BCUT2D eigenvalue weighted by Crippen LogP contribution is -2.12. The Morgan fingerprint density at radius 3 is 2.28 bits per heavy atom. The minimum atomic E-state index is -0.143. The minimum Gasteiger partial charge on any atom is -0.493 e. The van der Waals surface area contributed by atoms with Crippen LogP contribution < -0.4 is 19.5 Å². The average Bonchev–Trinajstić information content (AvgIpc) is 2.61. The number of aryl methyl sites for hydroxylation is 1. The number of hydrogen-bond donors (Lipinski definition) is 1. The summed E-state index contributed by atoms with van der Waals surface area (Å²) in [6, 6.07) is 8.58. The van der Waals surface area contributed by atoms with Crippen molar-refractivity contribution >= 4 is 34.8 Å². The van der Waals surface area contributed by atoms with Crippen LogP contribution >= 0.6 is 23.2 Å². The van der Waals surface area contributed by atoms with Crippen LogP contribution in [0.2, 0.25) is 10.0 Å². The van der Waals surface area contributed by atoms with Gasteiger partial charge in [0.2, 0.25) is 11.7 Å². The summed E-state index contributed by atoms with van der Waals surface area (Å²) in [5.74, 6) is 1.50. The van der Waals surface area contributed by atoms with Gasteiger partial charge in [0.1, 0.15) is 0 Å². The molecule has 2 aromatic rings. The molecule has 0 saturated heterocycles. The van der Waals surface area contributed by atoms with E-state index in [9.17, 15) is 4.79 Å². The standard InChI is InChI=1S/C18H19Cl2NO4/c1-23-15-8-4-11(17(24-2)18(15)25-3)5-9-16(22)21-12-6-7-13(19)14(20)10-12/h4,6-8,10H,5,9H2,1-3H3,(H,21,22). The highest BCUT2D eigenvalue weighted by molar-refractivity contribution is 6.42. The zero-order chi connectivity index (χ0) is 18.4. The summed E-state index contributed by atoms with van der Waals surface area (Å²) >= 11 is 11.8. The Labute approximate surface area is 156 Å². The zero-order valence-corrected chi connectivity index (χ0v) is 15.7. The Balaban J connectivity index is 2.07. The molecule has 0 heterocycles. The molecule has 0 atom stereocenters. The molecule has 0 spiro atoms. The number of halogens is 2. The Kier molecular flexibility index (Phi) is 6.79. The van der Waals surface area contributed by atoms with E-state index in [1.165, 1.54) is 0 Å². The lowest BCUT2D eigenvalue weighted by Gasteiger charge is -2.15. The first-order valence-electron chi connectivity index (χ1n) is 7.53. The van der Waals surface area contributed by atoms with Crippen molar-refractivity contribution in [3.05, 3.63) is 45.9 Å². The summed E-state index contributed by atoms with van der Waals surface area (Å²) in [6.45, 7) is 0. The minimum absolute atomic E-state index is 0.143. The maximum Gasteiger partial charge on any atom is 0.224 e. The number of hydrogen-bond acceptors (Lipinski definition) is 4. The Bertz CT molecular complexity index is 765. The molecule has 0 aromatic heterocycles. The van der Waals surface area contributed by atoms with E-state index in [2.05, 4.69) is 5.32 Å². The fourth-order valence-corrected chi connectivity index (χ4v) is 2.70. The molecule has 0 unspecified atom stereocenters. The van der Waals surface area contributed by atoms with Crippen molar-refractivity contribution in [2.24, 2.45) is 0 Å². The number of rotatable bonds is 7. The fourth-order valence-electron chi connectivity index (χ4n) is 2.41. The molecule has 2 aromatic carbocycles. The van der Waals surface area contributed by atoms with Crippen LogP contribution in [0, 0.1) is 0 Å². The molecule has 1 N–H and O–H groups in total. The largest absolute Gasteiger partial charge is 0.493 e. The van der Waals surface area contributed by atoms with Gasteiger partial charge in [-0.1, -0.05) is 29.3 Å². The van der Waals surface area contributed by atoms with Gasteiger partial charge in [-0.05, 0) is 36.2 Å². The van der Waals surface area contributed by atoms with Gasteiger partial charge >= 0.3 is 0 Å². The predicted octanol–water partition coefficient (Wildman–Crippen LogP) is 4.59. The van der Waals surface area contributed by atoms with Crippen molar-refractivity contribution < 1.29 is 19.0 Å². The lowest BCUT2D eigenvalue weighted by molar-refractivity contribution is -0.116. The van der Waals surface area contributed by atoms with Gasteiger partial charge in [-0.25, -0.2) is 0 Å². The highest BCUT2D eigenvalue weighted by atomic mass is 35.5. The summed E-state index contributed by atoms with van der Waals surface area (Å²) in [4.78, 5) is 12.2. The number of benzene rings is 2. The third-order valence-corrected chi connectivity index (χ3v) is 4.35. The number of amides is 1. The first-order chi connectivity index (χ1) is 12.0. The zero-order valence-electron chi connectivity index (χ0n) is 14.2. The van der Waals surface area contributed by atoms with Gasteiger partial charge in [-0.2, -0.15) is 0 Å². The number of ether oxygens (including phenoxy) is 3. The molecule has 134 valence electrons. The maximum atomic E-state index is 12.2. The average molecular weight is 384 g/mol. The highest BCUT2D eigenvalue weighted by Gasteiger charge is 2.16. The Hall–Kier alpha value is -2.11. The number of anilines is 1. The molecule has 1 amide bonds. The number of methoxy groups -OCH3 is 3. The molecule has 5 nitrogen and oxygen atoms in total. The van der Waals surface area contributed by atoms with E-state index in [-0.39, 0.29) is 12.3 Å². The van der Waals surface area contributed by atoms with Crippen LogP contribution in [0.4, 0.5) is 5.69 Å². The smallest absolute Gasteiger partial charge is 0.224 e. The van der Waals surface area contributed by atoms with Gasteiger partial charge in [0, 0.05) is 12.1 Å². The van der Waals surface area contributed by atoms with Crippen LogP contribution in [0.15, 0.2) is 30.3 Å². The van der Waals surface area contributed by atoms with E-state index < -0.39 is 0 Å². The molecule has 0 aliphatic carbocycles. The summed E-state index contributed by atoms with van der Waals surface area (Å²) < 4.78 is 16.0. The molecule has 0 aliphatic heterocycles. The molecule has 0 bridgehead atoms. The van der Waals surface area contributed by atoms with E-state index in [1.54, 1.807) is 45.6 Å². The van der Waals surface area contributed by atoms with Crippen LogP contribution in [0.25, 0.3) is 0 Å². The van der Waals surface area contributed by atoms with Crippen LogP contribution in [-0.2, 0) is 11.2 Å². The third-order valence-electron chi connectivity index (χ3n) is 3.61. The van der Waals surface area contributed by atoms with Crippen molar-refractivity contribution in [2.45, 2.75) is 12.8 Å². The van der Waals surface area contributed by atoms with Gasteiger partial charge in [0.05, 0.1) is 31.4 Å². The SMILES string of the molecule is COc1ccc(CCC(=O)Nc2ccc(Cl)c(Cl)c2)c(OC)c1OC. The van der Waals surface area contributed by atoms with Crippen molar-refractivity contribution in [2.75, 3.05) is 26.6 Å². The molecule has 7 heteroatoms. The van der Waals surface area contributed by atoms with Gasteiger partial charge in [0.25, 0.3) is 0 Å². The summed E-state index contributed by atoms with van der Waals surface area (Å²) in [5.41, 5.74) is 1.45. The molecule has 0 aliphatic rings. The second-order valence-electron chi connectivity index (χ2n) is 5.17. The molecule has 25 heavy (non-hydrogen) atoms. The van der Waals surface area contributed by atoms with Crippen molar-refractivity contribution in [3.63, 3.8) is 0 Å². The molecular formula is C18H19Cl2NO4. The van der Waals surface area contributed by atoms with Gasteiger partial charge in [-0.3, -0.25) is 4.79 Å². The van der Waals surface area contributed by atoms with Crippen molar-refractivity contribution in [1.29, 1.82) is 0 Å². The van der Waals surface area contributed by atoms with Crippen molar-refractivity contribution in [1.82, 2.24) is 0 Å². The molecule has 2 rings (SSSR count). The summed E-state index contributed by atoms with van der Waals surface area (Å²) in [7, 11) is 4.65. The summed E-state index contributed by atoms with van der Waals surface area (Å²) in [6.07, 6.45) is 0.753. The second kappa shape index (κ2) is 8.83.